The van der Waals surface area contributed by atoms with E-state index in [4.69, 9.17) is 0 Å². The number of aryl methyl sites for hydroxylation is 2. The molecule has 2 N–H and O–H groups in total. The highest BCUT2D eigenvalue weighted by Gasteiger charge is 2.14. The smallest absolute Gasteiger partial charge is 0.274 e. The minimum atomic E-state index is -0.332. The summed E-state index contributed by atoms with van der Waals surface area (Å²) in [6.45, 7) is 7.61. The minimum absolute atomic E-state index is 0.0106. The Morgan fingerprint density at radius 3 is 2.00 bits per heavy atom. The van der Waals surface area contributed by atoms with E-state index in [9.17, 15) is 9.59 Å². The van der Waals surface area contributed by atoms with Gasteiger partial charge in [0.25, 0.3) is 11.8 Å². The fourth-order valence-corrected chi connectivity index (χ4v) is 2.21. The van der Waals surface area contributed by atoms with Crippen molar-refractivity contribution in [2.45, 2.75) is 33.7 Å². The van der Waals surface area contributed by atoms with E-state index in [1.54, 1.807) is 18.2 Å². The van der Waals surface area contributed by atoms with Gasteiger partial charge in [0.2, 0.25) is 0 Å². The summed E-state index contributed by atoms with van der Waals surface area (Å²) in [5.41, 5.74) is 3.17. The van der Waals surface area contributed by atoms with Gasteiger partial charge in [0.05, 0.1) is 0 Å². The van der Waals surface area contributed by atoms with Crippen molar-refractivity contribution < 1.29 is 9.59 Å². The summed E-state index contributed by atoms with van der Waals surface area (Å²) >= 11 is 0. The van der Waals surface area contributed by atoms with Gasteiger partial charge in [-0.2, -0.15) is 0 Å². The van der Waals surface area contributed by atoms with Gasteiger partial charge in [-0.1, -0.05) is 24.3 Å². The molecular formula is C18H21N3O2. The minimum Gasteiger partial charge on any atom is -0.349 e. The molecule has 2 aromatic rings. The number of carbonyl (C=O) groups is 2. The van der Waals surface area contributed by atoms with E-state index < -0.39 is 0 Å². The molecule has 0 aliphatic heterocycles. The number of pyridine rings is 1. The Balaban J connectivity index is 2.22. The monoisotopic (exact) mass is 311 g/mol. The van der Waals surface area contributed by atoms with E-state index in [0.29, 0.717) is 0 Å². The van der Waals surface area contributed by atoms with Crippen molar-refractivity contribution in [3.63, 3.8) is 0 Å². The lowest BCUT2D eigenvalue weighted by atomic mass is 10.1. The normalized spacial score (nSPS) is 10.5. The van der Waals surface area contributed by atoms with Gasteiger partial charge in [0.1, 0.15) is 11.4 Å². The van der Waals surface area contributed by atoms with Gasteiger partial charge in [-0.25, -0.2) is 4.98 Å². The van der Waals surface area contributed by atoms with Gasteiger partial charge in [-0.05, 0) is 51.0 Å². The molecule has 0 aliphatic carbocycles. The number of nitrogens with one attached hydrogen (secondary N) is 2. The summed E-state index contributed by atoms with van der Waals surface area (Å²) < 4.78 is 0. The lowest BCUT2D eigenvalue weighted by molar-refractivity contribution is 0.0938. The second-order valence-electron chi connectivity index (χ2n) is 5.76. The maximum absolute atomic E-state index is 12.4. The van der Waals surface area contributed by atoms with Crippen molar-refractivity contribution in [3.8, 4) is 0 Å². The van der Waals surface area contributed by atoms with Gasteiger partial charge in [-0.15, -0.1) is 0 Å². The van der Waals surface area contributed by atoms with Gasteiger partial charge < -0.3 is 10.6 Å². The highest BCUT2D eigenvalue weighted by molar-refractivity contribution is 6.04. The topological polar surface area (TPSA) is 71.1 Å². The second kappa shape index (κ2) is 7.05. The maximum Gasteiger partial charge on any atom is 0.274 e. The van der Waals surface area contributed by atoms with Crippen LogP contribution in [0.4, 0.5) is 5.69 Å². The number of hydrogen-bond acceptors (Lipinski definition) is 3. The molecule has 2 amide bonds. The van der Waals surface area contributed by atoms with Gasteiger partial charge in [-0.3, -0.25) is 9.59 Å². The van der Waals surface area contributed by atoms with Crippen molar-refractivity contribution in [1.82, 2.24) is 10.3 Å². The van der Waals surface area contributed by atoms with Crippen molar-refractivity contribution in [2.75, 3.05) is 5.32 Å². The van der Waals surface area contributed by atoms with Crippen LogP contribution in [0.5, 0.6) is 0 Å². The molecule has 0 radical (unpaired) electrons. The third-order valence-electron chi connectivity index (χ3n) is 3.35. The Morgan fingerprint density at radius 2 is 1.43 bits per heavy atom. The van der Waals surface area contributed by atoms with Crippen molar-refractivity contribution in [2.24, 2.45) is 0 Å². The highest BCUT2D eigenvalue weighted by atomic mass is 16.2. The van der Waals surface area contributed by atoms with Crippen LogP contribution in [-0.2, 0) is 0 Å². The zero-order valence-corrected chi connectivity index (χ0v) is 13.8. The molecule has 23 heavy (non-hydrogen) atoms. The Morgan fingerprint density at radius 1 is 0.913 bits per heavy atom. The van der Waals surface area contributed by atoms with Gasteiger partial charge >= 0.3 is 0 Å². The quantitative estimate of drug-likeness (QED) is 0.911. The van der Waals surface area contributed by atoms with E-state index in [-0.39, 0.29) is 29.2 Å². The predicted molar refractivity (Wildman–Crippen MR) is 90.7 cm³/mol. The molecule has 0 aliphatic rings. The molecule has 2 rings (SSSR count). The van der Waals surface area contributed by atoms with Crippen LogP contribution in [-0.4, -0.2) is 22.8 Å². The lowest BCUT2D eigenvalue weighted by Gasteiger charge is -2.12. The number of amides is 2. The molecule has 0 unspecified atom stereocenters. The average Bonchev–Trinajstić information content (AvgIpc) is 2.50. The largest absolute Gasteiger partial charge is 0.349 e. The van der Waals surface area contributed by atoms with E-state index in [0.717, 1.165) is 16.8 Å². The van der Waals surface area contributed by atoms with Crippen LogP contribution in [0.15, 0.2) is 36.4 Å². The van der Waals surface area contributed by atoms with Crippen LogP contribution in [0, 0.1) is 13.8 Å². The number of anilines is 1. The molecule has 5 heteroatoms. The summed E-state index contributed by atoms with van der Waals surface area (Å²) in [6, 6.07) is 10.7. The molecule has 120 valence electrons. The Labute approximate surface area is 136 Å². The molecule has 0 saturated carbocycles. The van der Waals surface area contributed by atoms with Crippen molar-refractivity contribution in [1.29, 1.82) is 0 Å². The summed E-state index contributed by atoms with van der Waals surface area (Å²) in [6.07, 6.45) is 0. The van der Waals surface area contributed by atoms with Crippen molar-refractivity contribution >= 4 is 17.5 Å². The summed E-state index contributed by atoms with van der Waals surface area (Å²) in [5.74, 6) is -0.622. The number of carbonyl (C=O) groups excluding carboxylic acids is 2. The van der Waals surface area contributed by atoms with E-state index in [2.05, 4.69) is 15.6 Å². The van der Waals surface area contributed by atoms with E-state index in [1.807, 2.05) is 45.9 Å². The molecule has 0 atom stereocenters. The number of benzene rings is 1. The fraction of sp³-hybridized carbons (Fsp3) is 0.278. The number of aromatic nitrogens is 1. The summed E-state index contributed by atoms with van der Waals surface area (Å²) in [4.78, 5) is 28.6. The van der Waals surface area contributed by atoms with Crippen LogP contribution >= 0.6 is 0 Å². The number of nitrogens with zero attached hydrogens (tertiary/aromatic N) is 1. The number of hydrogen-bond donors (Lipinski definition) is 2. The molecule has 0 spiro atoms. The fourth-order valence-electron chi connectivity index (χ4n) is 2.21. The number of rotatable bonds is 4. The molecule has 1 aromatic heterocycles. The Hall–Kier alpha value is -2.69. The first-order chi connectivity index (χ1) is 10.9. The predicted octanol–water partition coefficient (Wildman–Crippen LogP) is 3.09. The van der Waals surface area contributed by atoms with E-state index >= 15 is 0 Å². The zero-order chi connectivity index (χ0) is 17.0. The molecule has 1 aromatic carbocycles. The van der Waals surface area contributed by atoms with Crippen LogP contribution < -0.4 is 10.6 Å². The molecule has 0 fully saturated rings. The Kier molecular flexibility index (Phi) is 5.11. The SMILES string of the molecule is Cc1cccc(C)c1NC(=O)c1cccc(C(=O)NC(C)C)n1. The van der Waals surface area contributed by atoms with Crippen molar-refractivity contribution in [3.05, 3.63) is 58.9 Å². The van der Waals surface area contributed by atoms with E-state index in [1.165, 1.54) is 0 Å². The van der Waals surface area contributed by atoms with Crippen LogP contribution in [0.2, 0.25) is 0 Å². The maximum atomic E-state index is 12.4. The van der Waals surface area contributed by atoms with Gasteiger partial charge in [0, 0.05) is 11.7 Å². The van der Waals surface area contributed by atoms with Crippen LogP contribution in [0.1, 0.15) is 46.0 Å². The molecule has 0 saturated heterocycles. The van der Waals surface area contributed by atoms with Crippen LogP contribution in [0.3, 0.4) is 0 Å². The second-order valence-corrected chi connectivity index (χ2v) is 5.76. The van der Waals surface area contributed by atoms with Crippen LogP contribution in [0.25, 0.3) is 0 Å². The first kappa shape index (κ1) is 16.7. The molecule has 5 nitrogen and oxygen atoms in total. The molecule has 1 heterocycles. The zero-order valence-electron chi connectivity index (χ0n) is 13.8. The molecular weight excluding hydrogens is 290 g/mol. The molecule has 0 bridgehead atoms. The standard InChI is InChI=1S/C18H21N3O2/c1-11(2)19-17(22)14-9-6-10-15(20-14)18(23)21-16-12(3)7-5-8-13(16)4/h5-11H,1-4H3,(H,19,22)(H,21,23). The first-order valence-corrected chi connectivity index (χ1v) is 7.54. The summed E-state index contributed by atoms with van der Waals surface area (Å²) in [7, 11) is 0. The number of para-hydroxylation sites is 1. The summed E-state index contributed by atoms with van der Waals surface area (Å²) in [5, 5.41) is 5.63. The Bertz CT molecular complexity index is 719. The third-order valence-corrected chi connectivity index (χ3v) is 3.35. The van der Waals surface area contributed by atoms with Gasteiger partial charge in [0.15, 0.2) is 0 Å². The average molecular weight is 311 g/mol. The first-order valence-electron chi connectivity index (χ1n) is 7.54. The lowest BCUT2D eigenvalue weighted by Crippen LogP contribution is -2.31. The highest BCUT2D eigenvalue weighted by Crippen LogP contribution is 2.20. The third kappa shape index (κ3) is 4.16.